The number of ketones is 1. The van der Waals surface area contributed by atoms with Gasteiger partial charge in [0.05, 0.1) is 0 Å². The van der Waals surface area contributed by atoms with Gasteiger partial charge in [0.1, 0.15) is 0 Å². The summed E-state index contributed by atoms with van der Waals surface area (Å²) in [5.41, 5.74) is 2.39. The first-order chi connectivity index (χ1) is 7.48. The molecule has 0 saturated carbocycles. The van der Waals surface area contributed by atoms with Crippen molar-refractivity contribution in [3.63, 3.8) is 0 Å². The largest absolute Gasteiger partial charge is 0.307 e. The molecule has 0 N–H and O–H groups in total. The van der Waals surface area contributed by atoms with Crippen LogP contribution in [0.1, 0.15) is 41.3 Å². The number of aryl methyl sites for hydroxylation is 2. The molecule has 3 heteroatoms. The SMILES string of the molecule is CC(F)(F)C(=O)c1ccc2c(c1)CCCC2. The van der Waals surface area contributed by atoms with E-state index in [1.807, 2.05) is 6.07 Å². The van der Waals surface area contributed by atoms with Crippen LogP contribution in [0.4, 0.5) is 8.78 Å². The maximum Gasteiger partial charge on any atom is 0.307 e. The summed E-state index contributed by atoms with van der Waals surface area (Å²) in [4.78, 5) is 11.4. The molecule has 0 heterocycles. The van der Waals surface area contributed by atoms with Crippen molar-refractivity contribution in [2.45, 2.75) is 38.5 Å². The van der Waals surface area contributed by atoms with Crippen molar-refractivity contribution in [2.24, 2.45) is 0 Å². The van der Waals surface area contributed by atoms with Gasteiger partial charge in [0.25, 0.3) is 0 Å². The van der Waals surface area contributed by atoms with Gasteiger partial charge in [-0.05, 0) is 42.9 Å². The highest BCUT2D eigenvalue weighted by Gasteiger charge is 2.33. The van der Waals surface area contributed by atoms with Crippen molar-refractivity contribution in [3.8, 4) is 0 Å². The Morgan fingerprint density at radius 3 is 2.44 bits per heavy atom. The molecule has 0 bridgehead atoms. The molecule has 86 valence electrons. The molecule has 1 nitrogen and oxygen atoms in total. The lowest BCUT2D eigenvalue weighted by atomic mass is 9.89. The first-order valence-electron chi connectivity index (χ1n) is 5.53. The van der Waals surface area contributed by atoms with Gasteiger partial charge in [0, 0.05) is 12.5 Å². The number of hydrogen-bond acceptors (Lipinski definition) is 1. The Hall–Kier alpha value is -1.25. The van der Waals surface area contributed by atoms with Crippen molar-refractivity contribution in [2.75, 3.05) is 0 Å². The van der Waals surface area contributed by atoms with Crippen LogP contribution >= 0.6 is 0 Å². The van der Waals surface area contributed by atoms with Crippen LogP contribution < -0.4 is 0 Å². The van der Waals surface area contributed by atoms with Crippen LogP contribution in [0.5, 0.6) is 0 Å². The Kier molecular flexibility index (Phi) is 2.78. The van der Waals surface area contributed by atoms with Gasteiger partial charge in [-0.2, -0.15) is 8.78 Å². The monoisotopic (exact) mass is 224 g/mol. The molecule has 2 rings (SSSR count). The highest BCUT2D eigenvalue weighted by atomic mass is 19.3. The summed E-state index contributed by atoms with van der Waals surface area (Å²) < 4.78 is 25.8. The van der Waals surface area contributed by atoms with Crippen molar-refractivity contribution < 1.29 is 13.6 Å². The molecule has 0 unspecified atom stereocenters. The summed E-state index contributed by atoms with van der Waals surface area (Å²) in [6.45, 7) is 0.648. The third-order valence-corrected chi connectivity index (χ3v) is 3.01. The predicted molar refractivity (Wildman–Crippen MR) is 58.0 cm³/mol. The van der Waals surface area contributed by atoms with E-state index < -0.39 is 11.7 Å². The molecule has 1 aromatic rings. The van der Waals surface area contributed by atoms with E-state index in [2.05, 4.69) is 0 Å². The van der Waals surface area contributed by atoms with E-state index in [0.29, 0.717) is 6.92 Å². The predicted octanol–water partition coefficient (Wildman–Crippen LogP) is 3.40. The Labute approximate surface area is 93.5 Å². The van der Waals surface area contributed by atoms with Gasteiger partial charge in [-0.3, -0.25) is 4.79 Å². The number of fused-ring (bicyclic) bond motifs is 1. The van der Waals surface area contributed by atoms with E-state index >= 15 is 0 Å². The van der Waals surface area contributed by atoms with Crippen LogP contribution in [0.25, 0.3) is 0 Å². The topological polar surface area (TPSA) is 17.1 Å². The van der Waals surface area contributed by atoms with Gasteiger partial charge in [-0.1, -0.05) is 12.1 Å². The zero-order chi connectivity index (χ0) is 11.8. The number of carbonyl (C=O) groups excluding carboxylic acids is 1. The third-order valence-electron chi connectivity index (χ3n) is 3.01. The van der Waals surface area contributed by atoms with E-state index in [-0.39, 0.29) is 5.56 Å². The Morgan fingerprint density at radius 1 is 1.19 bits per heavy atom. The molecule has 0 saturated heterocycles. The van der Waals surface area contributed by atoms with Crippen LogP contribution in [0.3, 0.4) is 0 Å². The lowest BCUT2D eigenvalue weighted by Gasteiger charge is -2.17. The van der Waals surface area contributed by atoms with E-state index in [0.717, 1.165) is 31.2 Å². The number of alkyl halides is 2. The molecular formula is C13H14F2O. The summed E-state index contributed by atoms with van der Waals surface area (Å²) in [5.74, 6) is -4.36. The van der Waals surface area contributed by atoms with Gasteiger partial charge < -0.3 is 0 Å². The normalized spacial score (nSPS) is 15.7. The number of carbonyl (C=O) groups is 1. The second-order valence-corrected chi connectivity index (χ2v) is 4.41. The van der Waals surface area contributed by atoms with Crippen molar-refractivity contribution in [3.05, 3.63) is 34.9 Å². The smallest absolute Gasteiger partial charge is 0.287 e. The number of Topliss-reactive ketones (excluding diaryl/α,β-unsaturated/α-hetero) is 1. The second kappa shape index (κ2) is 3.96. The molecule has 0 amide bonds. The summed E-state index contributed by atoms with van der Waals surface area (Å²) in [5, 5.41) is 0. The fraction of sp³-hybridized carbons (Fsp3) is 0.462. The number of rotatable bonds is 2. The minimum Gasteiger partial charge on any atom is -0.287 e. The Morgan fingerprint density at radius 2 is 1.81 bits per heavy atom. The fourth-order valence-electron chi connectivity index (χ4n) is 2.13. The van der Waals surface area contributed by atoms with Crippen LogP contribution in [0, 0.1) is 0 Å². The maximum atomic E-state index is 12.9. The molecule has 0 aliphatic heterocycles. The summed E-state index contributed by atoms with van der Waals surface area (Å²) in [6, 6.07) is 4.96. The quantitative estimate of drug-likeness (QED) is 0.703. The van der Waals surface area contributed by atoms with Gasteiger partial charge in [0.2, 0.25) is 5.78 Å². The summed E-state index contributed by atoms with van der Waals surface area (Å²) >= 11 is 0. The summed E-state index contributed by atoms with van der Waals surface area (Å²) in [7, 11) is 0. The molecule has 1 aliphatic rings. The van der Waals surface area contributed by atoms with Crippen LogP contribution in [0.15, 0.2) is 18.2 Å². The Balaban J connectivity index is 2.34. The molecule has 0 spiro atoms. The summed E-state index contributed by atoms with van der Waals surface area (Å²) in [6.07, 6.45) is 4.11. The average Bonchev–Trinajstić information content (AvgIpc) is 2.26. The maximum absolute atomic E-state index is 12.9. The minimum atomic E-state index is -3.27. The lowest BCUT2D eigenvalue weighted by Crippen LogP contribution is -2.24. The van der Waals surface area contributed by atoms with E-state index in [1.54, 1.807) is 6.07 Å². The molecule has 1 aromatic carbocycles. The van der Waals surface area contributed by atoms with Crippen molar-refractivity contribution >= 4 is 5.78 Å². The molecule has 0 radical (unpaired) electrons. The highest BCUT2D eigenvalue weighted by Crippen LogP contribution is 2.25. The fourth-order valence-corrected chi connectivity index (χ4v) is 2.13. The van der Waals surface area contributed by atoms with Crippen LogP contribution in [-0.4, -0.2) is 11.7 Å². The van der Waals surface area contributed by atoms with E-state index in [9.17, 15) is 13.6 Å². The number of benzene rings is 1. The molecule has 16 heavy (non-hydrogen) atoms. The zero-order valence-corrected chi connectivity index (χ0v) is 9.22. The third kappa shape index (κ3) is 2.13. The zero-order valence-electron chi connectivity index (χ0n) is 9.22. The van der Waals surface area contributed by atoms with Gasteiger partial charge >= 0.3 is 5.92 Å². The first kappa shape index (κ1) is 11.2. The van der Waals surface area contributed by atoms with Crippen molar-refractivity contribution in [1.82, 2.24) is 0 Å². The number of halogens is 2. The van der Waals surface area contributed by atoms with Gasteiger partial charge in [0.15, 0.2) is 0 Å². The van der Waals surface area contributed by atoms with Crippen molar-refractivity contribution in [1.29, 1.82) is 0 Å². The van der Waals surface area contributed by atoms with Crippen LogP contribution in [-0.2, 0) is 12.8 Å². The molecule has 0 aromatic heterocycles. The minimum absolute atomic E-state index is 0.133. The molecular weight excluding hydrogens is 210 g/mol. The lowest BCUT2D eigenvalue weighted by molar-refractivity contribution is 0.0221. The molecule has 0 fully saturated rings. The highest BCUT2D eigenvalue weighted by molar-refractivity contribution is 6.01. The standard InChI is InChI=1S/C13H14F2O/c1-13(14,15)12(16)11-7-6-9-4-2-3-5-10(9)8-11/h6-8H,2-5H2,1H3. The Bertz CT molecular complexity index is 418. The second-order valence-electron chi connectivity index (χ2n) is 4.41. The van der Waals surface area contributed by atoms with Gasteiger partial charge in [-0.15, -0.1) is 0 Å². The van der Waals surface area contributed by atoms with Gasteiger partial charge in [-0.25, -0.2) is 0 Å². The molecule has 0 atom stereocenters. The van der Waals surface area contributed by atoms with E-state index in [1.165, 1.54) is 11.6 Å². The number of hydrogen-bond donors (Lipinski definition) is 0. The first-order valence-corrected chi connectivity index (χ1v) is 5.53. The average molecular weight is 224 g/mol. The molecule has 1 aliphatic carbocycles. The van der Waals surface area contributed by atoms with E-state index in [4.69, 9.17) is 0 Å². The van der Waals surface area contributed by atoms with Crippen LogP contribution in [0.2, 0.25) is 0 Å².